The van der Waals surface area contributed by atoms with Gasteiger partial charge in [0.2, 0.25) is 0 Å². The zero-order chi connectivity index (χ0) is 12.3. The van der Waals surface area contributed by atoms with E-state index in [2.05, 4.69) is 55.0 Å². The molecule has 2 rings (SSSR count). The van der Waals surface area contributed by atoms with E-state index < -0.39 is 0 Å². The van der Waals surface area contributed by atoms with E-state index in [0.29, 0.717) is 0 Å². The Labute approximate surface area is 103 Å². The van der Waals surface area contributed by atoms with E-state index in [1.54, 1.807) is 0 Å². The van der Waals surface area contributed by atoms with Crippen LogP contribution in [0.5, 0.6) is 0 Å². The number of unbranched alkanes of at least 4 members (excludes halogenated alkanes) is 1. The Morgan fingerprint density at radius 3 is 2.76 bits per heavy atom. The molecule has 0 aliphatic rings. The zero-order valence-electron chi connectivity index (χ0n) is 10.9. The third kappa shape index (κ3) is 2.57. The summed E-state index contributed by atoms with van der Waals surface area (Å²) in [4.78, 5) is 6.91. The third-order valence-corrected chi connectivity index (χ3v) is 3.08. The van der Waals surface area contributed by atoms with Crippen molar-refractivity contribution in [2.45, 2.75) is 26.7 Å². The van der Waals surface area contributed by atoms with Crippen molar-refractivity contribution in [1.29, 1.82) is 0 Å². The van der Waals surface area contributed by atoms with Crippen molar-refractivity contribution in [2.75, 3.05) is 18.5 Å². The number of hydrogen-bond donors (Lipinski definition) is 0. The van der Waals surface area contributed by atoms with E-state index in [1.165, 1.54) is 23.9 Å². The van der Waals surface area contributed by atoms with Crippen LogP contribution in [0.1, 0.15) is 25.5 Å². The summed E-state index contributed by atoms with van der Waals surface area (Å²) in [6.07, 6.45) is 2.46. The molecule has 0 bridgehead atoms. The van der Waals surface area contributed by atoms with Crippen LogP contribution in [-0.4, -0.2) is 18.6 Å². The van der Waals surface area contributed by atoms with Gasteiger partial charge < -0.3 is 4.90 Å². The number of rotatable bonds is 4. The van der Waals surface area contributed by atoms with Gasteiger partial charge in [-0.05, 0) is 25.5 Å². The molecule has 2 heteroatoms. The van der Waals surface area contributed by atoms with Crippen LogP contribution in [0.4, 0.5) is 5.69 Å². The number of hydrogen-bond acceptors (Lipinski definition) is 2. The molecule has 0 aliphatic carbocycles. The highest BCUT2D eigenvalue weighted by molar-refractivity contribution is 5.91. The minimum atomic E-state index is 1.09. The first-order valence-electron chi connectivity index (χ1n) is 6.30. The normalized spacial score (nSPS) is 10.8. The van der Waals surface area contributed by atoms with Crippen LogP contribution >= 0.6 is 0 Å². The molecule has 1 heterocycles. The molecule has 1 aromatic heterocycles. The second-order valence-electron chi connectivity index (χ2n) is 4.58. The largest absolute Gasteiger partial charge is 0.374 e. The molecule has 2 nitrogen and oxygen atoms in total. The zero-order valence-corrected chi connectivity index (χ0v) is 10.9. The summed E-state index contributed by atoms with van der Waals surface area (Å²) >= 11 is 0. The standard InChI is InChI=1S/C15H20N2/c1-4-5-10-17(3)15-11-12(2)16-14-9-7-6-8-13(14)15/h6-9,11H,4-5,10H2,1-3H3. The van der Waals surface area contributed by atoms with E-state index in [4.69, 9.17) is 0 Å². The molecule has 0 spiro atoms. The van der Waals surface area contributed by atoms with Crippen molar-refractivity contribution in [3.8, 4) is 0 Å². The molecule has 90 valence electrons. The van der Waals surface area contributed by atoms with Gasteiger partial charge in [-0.25, -0.2) is 0 Å². The van der Waals surface area contributed by atoms with Gasteiger partial charge in [-0.15, -0.1) is 0 Å². The summed E-state index contributed by atoms with van der Waals surface area (Å²) in [5, 5.41) is 1.25. The second-order valence-corrected chi connectivity index (χ2v) is 4.58. The highest BCUT2D eigenvalue weighted by Crippen LogP contribution is 2.25. The number of aryl methyl sites for hydroxylation is 1. The Morgan fingerprint density at radius 2 is 2.00 bits per heavy atom. The van der Waals surface area contributed by atoms with Crippen molar-refractivity contribution < 1.29 is 0 Å². The van der Waals surface area contributed by atoms with Crippen molar-refractivity contribution in [2.24, 2.45) is 0 Å². The van der Waals surface area contributed by atoms with Crippen LogP contribution in [-0.2, 0) is 0 Å². The molecule has 0 amide bonds. The predicted octanol–water partition coefficient (Wildman–Crippen LogP) is 3.78. The fourth-order valence-electron chi connectivity index (χ4n) is 2.12. The molecule has 0 radical (unpaired) electrons. The van der Waals surface area contributed by atoms with E-state index in [1.807, 2.05) is 6.07 Å². The molecule has 0 saturated carbocycles. The first-order valence-corrected chi connectivity index (χ1v) is 6.30. The summed E-state index contributed by atoms with van der Waals surface area (Å²) in [5.41, 5.74) is 3.47. The van der Waals surface area contributed by atoms with Crippen LogP contribution < -0.4 is 4.90 Å². The Morgan fingerprint density at radius 1 is 1.24 bits per heavy atom. The van der Waals surface area contributed by atoms with E-state index in [9.17, 15) is 0 Å². The van der Waals surface area contributed by atoms with Gasteiger partial charge in [-0.3, -0.25) is 4.98 Å². The molecular formula is C15H20N2. The van der Waals surface area contributed by atoms with Crippen molar-refractivity contribution in [3.63, 3.8) is 0 Å². The Kier molecular flexibility index (Phi) is 3.62. The van der Waals surface area contributed by atoms with Crippen molar-refractivity contribution in [3.05, 3.63) is 36.0 Å². The van der Waals surface area contributed by atoms with Gasteiger partial charge >= 0.3 is 0 Å². The van der Waals surface area contributed by atoms with Crippen LogP contribution in [0.25, 0.3) is 10.9 Å². The summed E-state index contributed by atoms with van der Waals surface area (Å²) in [6, 6.07) is 10.5. The highest BCUT2D eigenvalue weighted by atomic mass is 15.1. The molecule has 0 aliphatic heterocycles. The maximum absolute atomic E-state index is 4.57. The van der Waals surface area contributed by atoms with Gasteiger partial charge in [0.05, 0.1) is 5.52 Å². The number of fused-ring (bicyclic) bond motifs is 1. The fraction of sp³-hybridized carbons (Fsp3) is 0.400. The number of benzene rings is 1. The minimum Gasteiger partial charge on any atom is -0.374 e. The van der Waals surface area contributed by atoms with Gasteiger partial charge in [-0.1, -0.05) is 31.5 Å². The summed E-state index contributed by atoms with van der Waals surface area (Å²) in [7, 11) is 2.16. The number of para-hydroxylation sites is 1. The molecule has 0 unspecified atom stereocenters. The Hall–Kier alpha value is -1.57. The van der Waals surface area contributed by atoms with Crippen molar-refractivity contribution in [1.82, 2.24) is 4.98 Å². The maximum Gasteiger partial charge on any atom is 0.0726 e. The number of pyridine rings is 1. The number of nitrogens with zero attached hydrogens (tertiary/aromatic N) is 2. The lowest BCUT2D eigenvalue weighted by atomic mass is 10.1. The molecule has 0 atom stereocenters. The van der Waals surface area contributed by atoms with Gasteiger partial charge in [0.15, 0.2) is 0 Å². The quantitative estimate of drug-likeness (QED) is 0.791. The van der Waals surface area contributed by atoms with E-state index >= 15 is 0 Å². The lowest BCUT2D eigenvalue weighted by Crippen LogP contribution is -2.18. The lowest BCUT2D eigenvalue weighted by molar-refractivity contribution is 0.768. The van der Waals surface area contributed by atoms with Crippen LogP contribution in [0.2, 0.25) is 0 Å². The van der Waals surface area contributed by atoms with E-state index in [-0.39, 0.29) is 0 Å². The molecule has 1 aromatic carbocycles. The Balaban J connectivity index is 2.44. The van der Waals surface area contributed by atoms with Gasteiger partial charge in [0.25, 0.3) is 0 Å². The van der Waals surface area contributed by atoms with Crippen LogP contribution in [0.15, 0.2) is 30.3 Å². The molecule has 0 N–H and O–H groups in total. The van der Waals surface area contributed by atoms with Gasteiger partial charge in [0, 0.05) is 30.4 Å². The molecule has 0 fully saturated rings. The minimum absolute atomic E-state index is 1.09. The summed E-state index contributed by atoms with van der Waals surface area (Å²) < 4.78 is 0. The lowest BCUT2D eigenvalue weighted by Gasteiger charge is -2.21. The molecule has 2 aromatic rings. The van der Waals surface area contributed by atoms with Crippen LogP contribution in [0, 0.1) is 6.92 Å². The SMILES string of the molecule is CCCCN(C)c1cc(C)nc2ccccc12. The van der Waals surface area contributed by atoms with E-state index in [0.717, 1.165) is 17.8 Å². The smallest absolute Gasteiger partial charge is 0.0726 e. The van der Waals surface area contributed by atoms with Gasteiger partial charge in [-0.2, -0.15) is 0 Å². The molecule has 0 saturated heterocycles. The average molecular weight is 228 g/mol. The molecule has 17 heavy (non-hydrogen) atoms. The third-order valence-electron chi connectivity index (χ3n) is 3.08. The fourth-order valence-corrected chi connectivity index (χ4v) is 2.12. The Bertz CT molecular complexity index is 505. The van der Waals surface area contributed by atoms with Crippen LogP contribution in [0.3, 0.4) is 0 Å². The first kappa shape index (κ1) is 11.9. The summed E-state index contributed by atoms with van der Waals surface area (Å²) in [6.45, 7) is 5.39. The predicted molar refractivity (Wildman–Crippen MR) is 74.7 cm³/mol. The first-order chi connectivity index (χ1) is 8.22. The second kappa shape index (κ2) is 5.17. The number of aromatic nitrogens is 1. The number of anilines is 1. The summed E-state index contributed by atoms with van der Waals surface area (Å²) in [5.74, 6) is 0. The van der Waals surface area contributed by atoms with Crippen molar-refractivity contribution >= 4 is 16.6 Å². The van der Waals surface area contributed by atoms with Gasteiger partial charge in [0.1, 0.15) is 0 Å². The maximum atomic E-state index is 4.57. The molecular weight excluding hydrogens is 208 g/mol. The topological polar surface area (TPSA) is 16.1 Å². The average Bonchev–Trinajstić information content (AvgIpc) is 2.34. The highest BCUT2D eigenvalue weighted by Gasteiger charge is 2.07. The monoisotopic (exact) mass is 228 g/mol.